The molecule has 0 aromatic carbocycles. The van der Waals surface area contributed by atoms with E-state index in [1.54, 1.807) is 6.20 Å². The number of aromatic nitrogens is 1. The Kier molecular flexibility index (Phi) is 5.30. The van der Waals surface area contributed by atoms with Gasteiger partial charge in [0.1, 0.15) is 5.54 Å². The van der Waals surface area contributed by atoms with Crippen LogP contribution in [-0.4, -0.2) is 46.7 Å². The number of carbonyl (C=O) groups is 1. The molecule has 152 valence electrons. The second-order valence-electron chi connectivity index (χ2n) is 9.86. The van der Waals surface area contributed by atoms with Crippen molar-refractivity contribution >= 4 is 12.1 Å². The Hall–Kier alpha value is -1.75. The molecule has 3 aliphatic heterocycles. The molecule has 1 saturated heterocycles. The van der Waals surface area contributed by atoms with Crippen LogP contribution in [0.3, 0.4) is 0 Å². The molecule has 1 amide bonds. The van der Waals surface area contributed by atoms with Crippen LogP contribution in [0.2, 0.25) is 0 Å². The van der Waals surface area contributed by atoms with E-state index in [4.69, 9.17) is 4.99 Å². The second kappa shape index (κ2) is 7.58. The van der Waals surface area contributed by atoms with Crippen LogP contribution >= 0.6 is 0 Å². The van der Waals surface area contributed by atoms with Gasteiger partial charge in [0.2, 0.25) is 5.91 Å². The first-order valence-corrected chi connectivity index (χ1v) is 10.9. The average molecular weight is 383 g/mol. The van der Waals surface area contributed by atoms with Crippen molar-refractivity contribution in [3.05, 3.63) is 30.1 Å². The highest BCUT2D eigenvalue weighted by Gasteiger charge is 2.63. The molecule has 4 bridgehead atoms. The van der Waals surface area contributed by atoms with Gasteiger partial charge in [0.25, 0.3) is 0 Å². The Bertz CT molecular complexity index is 731. The summed E-state index contributed by atoms with van der Waals surface area (Å²) in [6, 6.07) is 4.38. The summed E-state index contributed by atoms with van der Waals surface area (Å²) < 4.78 is 0. The summed E-state index contributed by atoms with van der Waals surface area (Å²) in [5, 5.41) is 3.20. The number of hydrogen-bond acceptors (Lipinski definition) is 4. The molecule has 5 heteroatoms. The number of nitrogens with one attached hydrogen (secondary N) is 1. The molecule has 5 rings (SSSR count). The SMILES string of the molecule is CC(C)CC1C2C3C=NC1(C(=O)NCc1cccnc1)CC3CN2CC(C)C. The van der Waals surface area contributed by atoms with E-state index in [1.807, 2.05) is 18.3 Å². The third-order valence-electron chi connectivity index (χ3n) is 6.80. The number of rotatable bonds is 7. The number of pyridine rings is 1. The highest BCUT2D eigenvalue weighted by atomic mass is 16.2. The van der Waals surface area contributed by atoms with Crippen LogP contribution in [0.4, 0.5) is 0 Å². The van der Waals surface area contributed by atoms with Crippen molar-refractivity contribution in [2.75, 3.05) is 13.1 Å². The van der Waals surface area contributed by atoms with Crippen LogP contribution in [-0.2, 0) is 11.3 Å². The Morgan fingerprint density at radius 1 is 1.32 bits per heavy atom. The quantitative estimate of drug-likeness (QED) is 0.788. The number of likely N-dealkylation sites (tertiary alicyclic amines) is 1. The molecule has 28 heavy (non-hydrogen) atoms. The molecule has 0 spiro atoms. The van der Waals surface area contributed by atoms with Gasteiger partial charge in [-0.25, -0.2) is 0 Å². The summed E-state index contributed by atoms with van der Waals surface area (Å²) in [4.78, 5) is 25.3. The summed E-state index contributed by atoms with van der Waals surface area (Å²) in [6.07, 6.45) is 7.67. The molecule has 1 saturated carbocycles. The summed E-state index contributed by atoms with van der Waals surface area (Å²) in [5.41, 5.74) is 0.438. The Morgan fingerprint density at radius 2 is 2.14 bits per heavy atom. The lowest BCUT2D eigenvalue weighted by Crippen LogP contribution is -2.63. The van der Waals surface area contributed by atoms with Gasteiger partial charge in [0.15, 0.2) is 0 Å². The summed E-state index contributed by atoms with van der Waals surface area (Å²) >= 11 is 0. The van der Waals surface area contributed by atoms with Gasteiger partial charge >= 0.3 is 0 Å². The first-order chi connectivity index (χ1) is 13.4. The van der Waals surface area contributed by atoms with Crippen molar-refractivity contribution in [3.8, 4) is 0 Å². The van der Waals surface area contributed by atoms with E-state index in [2.05, 4.69) is 49.1 Å². The lowest BCUT2D eigenvalue weighted by Gasteiger charge is -2.51. The minimum Gasteiger partial charge on any atom is -0.350 e. The molecule has 1 aromatic heterocycles. The predicted molar refractivity (Wildman–Crippen MR) is 112 cm³/mol. The Morgan fingerprint density at radius 3 is 2.82 bits per heavy atom. The molecule has 5 atom stereocenters. The fraction of sp³-hybridized carbons (Fsp3) is 0.696. The van der Waals surface area contributed by atoms with E-state index < -0.39 is 5.54 Å². The highest BCUT2D eigenvalue weighted by molar-refractivity contribution is 5.91. The number of carbonyl (C=O) groups excluding carboxylic acids is 1. The molecule has 2 fully saturated rings. The number of nitrogens with zero attached hydrogens (tertiary/aromatic N) is 3. The Balaban J connectivity index is 1.60. The first kappa shape index (κ1) is 19.6. The molecule has 5 unspecified atom stereocenters. The minimum absolute atomic E-state index is 0.109. The first-order valence-electron chi connectivity index (χ1n) is 10.9. The zero-order valence-corrected chi connectivity index (χ0v) is 17.6. The summed E-state index contributed by atoms with van der Waals surface area (Å²) in [5.74, 6) is 2.70. The van der Waals surface area contributed by atoms with E-state index in [0.29, 0.717) is 42.2 Å². The van der Waals surface area contributed by atoms with Gasteiger partial charge < -0.3 is 5.32 Å². The third-order valence-corrected chi connectivity index (χ3v) is 6.80. The molecule has 1 aromatic rings. The fourth-order valence-corrected chi connectivity index (χ4v) is 5.87. The van der Waals surface area contributed by atoms with Gasteiger partial charge in [0, 0.05) is 56.1 Å². The lowest BCUT2D eigenvalue weighted by atomic mass is 9.59. The number of amides is 1. The van der Waals surface area contributed by atoms with E-state index >= 15 is 0 Å². The fourth-order valence-electron chi connectivity index (χ4n) is 5.87. The summed E-state index contributed by atoms with van der Waals surface area (Å²) in [7, 11) is 0. The van der Waals surface area contributed by atoms with Crippen LogP contribution in [0.25, 0.3) is 0 Å². The average Bonchev–Trinajstić information content (AvgIpc) is 2.95. The van der Waals surface area contributed by atoms with Crippen LogP contribution in [0.15, 0.2) is 29.5 Å². The van der Waals surface area contributed by atoms with Gasteiger partial charge in [-0.05, 0) is 42.2 Å². The van der Waals surface area contributed by atoms with Crippen molar-refractivity contribution in [1.82, 2.24) is 15.2 Å². The van der Waals surface area contributed by atoms with E-state index in [1.165, 1.54) is 0 Å². The highest BCUT2D eigenvalue weighted by Crippen LogP contribution is 2.54. The largest absolute Gasteiger partial charge is 0.350 e. The third kappa shape index (κ3) is 3.38. The maximum Gasteiger partial charge on any atom is 0.248 e. The molecule has 5 nitrogen and oxygen atoms in total. The summed E-state index contributed by atoms with van der Waals surface area (Å²) in [6.45, 7) is 11.9. The zero-order chi connectivity index (χ0) is 19.9. The lowest BCUT2D eigenvalue weighted by molar-refractivity contribution is -0.132. The Labute approximate surface area is 169 Å². The van der Waals surface area contributed by atoms with Crippen molar-refractivity contribution in [3.63, 3.8) is 0 Å². The van der Waals surface area contributed by atoms with Gasteiger partial charge in [-0.1, -0.05) is 33.8 Å². The molecular formula is C23H34N4O. The zero-order valence-electron chi connectivity index (χ0n) is 17.6. The topological polar surface area (TPSA) is 57.6 Å². The van der Waals surface area contributed by atoms with Crippen molar-refractivity contribution in [2.24, 2.45) is 34.6 Å². The smallest absolute Gasteiger partial charge is 0.248 e. The van der Waals surface area contributed by atoms with Gasteiger partial charge in [-0.2, -0.15) is 0 Å². The van der Waals surface area contributed by atoms with E-state index in [9.17, 15) is 4.79 Å². The molecule has 4 heterocycles. The van der Waals surface area contributed by atoms with Crippen LogP contribution in [0, 0.1) is 29.6 Å². The molecular weight excluding hydrogens is 348 g/mol. The standard InChI is InChI=1S/C23H34N4O/c1-15(2)8-20-21-19-12-26-23(20,9-18(19)14-27(21)13-16(3)4)22(28)25-11-17-6-5-7-24-10-17/h5-7,10,12,15-16,18-21H,8-9,11,13-14H2,1-4H3,(H,25,28). The van der Waals surface area contributed by atoms with Crippen molar-refractivity contribution in [2.45, 2.75) is 58.7 Å². The molecule has 4 aliphatic rings. The van der Waals surface area contributed by atoms with Crippen LogP contribution in [0.5, 0.6) is 0 Å². The number of aliphatic imine (C=N–C) groups is 1. The molecule has 0 radical (unpaired) electrons. The van der Waals surface area contributed by atoms with E-state index in [0.717, 1.165) is 31.5 Å². The predicted octanol–water partition coefficient (Wildman–Crippen LogP) is 3.16. The van der Waals surface area contributed by atoms with Gasteiger partial charge in [-0.15, -0.1) is 0 Å². The van der Waals surface area contributed by atoms with Gasteiger partial charge in [0.05, 0.1) is 0 Å². The van der Waals surface area contributed by atoms with Gasteiger partial charge in [-0.3, -0.25) is 19.7 Å². The second-order valence-corrected chi connectivity index (χ2v) is 9.86. The number of hydrogen-bond donors (Lipinski definition) is 1. The van der Waals surface area contributed by atoms with Crippen LogP contribution < -0.4 is 5.32 Å². The minimum atomic E-state index is -0.595. The maximum atomic E-state index is 13.5. The van der Waals surface area contributed by atoms with Crippen molar-refractivity contribution < 1.29 is 4.79 Å². The van der Waals surface area contributed by atoms with Crippen LogP contribution in [0.1, 0.15) is 46.1 Å². The monoisotopic (exact) mass is 382 g/mol. The maximum absolute atomic E-state index is 13.5. The normalized spacial score (nSPS) is 33.8. The van der Waals surface area contributed by atoms with E-state index in [-0.39, 0.29) is 5.91 Å². The van der Waals surface area contributed by atoms with Crippen molar-refractivity contribution in [1.29, 1.82) is 0 Å². The molecule has 1 aliphatic carbocycles. The molecule has 1 N–H and O–H groups in total.